The monoisotopic (exact) mass is 330 g/mol. The molecule has 24 heavy (non-hydrogen) atoms. The van der Waals surface area contributed by atoms with Gasteiger partial charge in [-0.3, -0.25) is 4.90 Å². The number of carbonyl (C=O) groups excluding carboxylic acids is 1. The molecule has 3 rings (SSSR count). The molecule has 1 saturated carbocycles. The van der Waals surface area contributed by atoms with Crippen LogP contribution in [0.25, 0.3) is 0 Å². The van der Waals surface area contributed by atoms with Crippen molar-refractivity contribution in [3.8, 4) is 0 Å². The van der Waals surface area contributed by atoms with Crippen LogP contribution in [0.15, 0.2) is 30.3 Å². The normalized spacial score (nSPS) is 27.0. The number of hydrogen-bond acceptors (Lipinski definition) is 3. The van der Waals surface area contributed by atoms with E-state index in [-0.39, 0.29) is 6.09 Å². The summed E-state index contributed by atoms with van der Waals surface area (Å²) in [6.45, 7) is 9.90. The van der Waals surface area contributed by atoms with Crippen molar-refractivity contribution in [2.45, 2.75) is 45.8 Å². The van der Waals surface area contributed by atoms with Crippen LogP contribution in [-0.2, 0) is 11.3 Å². The molecule has 4 nitrogen and oxygen atoms in total. The number of ether oxygens (including phenoxy) is 1. The number of alkyl carbamates (subject to hydrolysis) is 1. The van der Waals surface area contributed by atoms with Crippen molar-refractivity contribution in [2.24, 2.45) is 17.8 Å². The second-order valence-corrected chi connectivity index (χ2v) is 8.42. The molecular weight excluding hydrogens is 300 g/mol. The predicted octanol–water partition coefficient (Wildman–Crippen LogP) is 3.67. The molecule has 3 atom stereocenters. The summed E-state index contributed by atoms with van der Waals surface area (Å²) in [5, 5.41) is 2.95. The third-order valence-corrected chi connectivity index (χ3v) is 5.11. The minimum absolute atomic E-state index is 0.287. The summed E-state index contributed by atoms with van der Waals surface area (Å²) in [4.78, 5) is 14.4. The number of carbonyl (C=O) groups is 1. The molecule has 1 aromatic rings. The van der Waals surface area contributed by atoms with E-state index in [1.807, 2.05) is 20.8 Å². The highest BCUT2D eigenvalue weighted by Gasteiger charge is 2.40. The summed E-state index contributed by atoms with van der Waals surface area (Å²) in [6, 6.07) is 10.7. The van der Waals surface area contributed by atoms with Gasteiger partial charge in [0.05, 0.1) is 0 Å². The zero-order valence-electron chi connectivity index (χ0n) is 15.1. The summed E-state index contributed by atoms with van der Waals surface area (Å²) >= 11 is 0. The van der Waals surface area contributed by atoms with Gasteiger partial charge >= 0.3 is 6.09 Å². The predicted molar refractivity (Wildman–Crippen MR) is 95.7 cm³/mol. The second kappa shape index (κ2) is 7.14. The van der Waals surface area contributed by atoms with Crippen LogP contribution in [0.1, 0.15) is 39.2 Å². The summed E-state index contributed by atoms with van der Waals surface area (Å²) in [7, 11) is 0. The van der Waals surface area contributed by atoms with E-state index < -0.39 is 5.60 Å². The van der Waals surface area contributed by atoms with Crippen LogP contribution in [0.4, 0.5) is 4.79 Å². The molecule has 1 N–H and O–H groups in total. The summed E-state index contributed by atoms with van der Waals surface area (Å²) in [5.41, 5.74) is 0.981. The highest BCUT2D eigenvalue weighted by atomic mass is 16.6. The van der Waals surface area contributed by atoms with Gasteiger partial charge in [-0.1, -0.05) is 30.3 Å². The van der Waals surface area contributed by atoms with Gasteiger partial charge in [0.15, 0.2) is 0 Å². The van der Waals surface area contributed by atoms with Crippen molar-refractivity contribution < 1.29 is 9.53 Å². The quantitative estimate of drug-likeness (QED) is 0.916. The van der Waals surface area contributed by atoms with Gasteiger partial charge in [0, 0.05) is 26.2 Å². The molecule has 1 unspecified atom stereocenters. The van der Waals surface area contributed by atoms with Gasteiger partial charge in [-0.05, 0) is 56.9 Å². The number of nitrogens with one attached hydrogen (secondary N) is 1. The molecule has 0 aromatic heterocycles. The Morgan fingerprint density at radius 2 is 1.79 bits per heavy atom. The van der Waals surface area contributed by atoms with E-state index >= 15 is 0 Å². The Hall–Kier alpha value is -1.55. The lowest BCUT2D eigenvalue weighted by Gasteiger charge is -2.21. The molecule has 1 aromatic carbocycles. The zero-order chi connectivity index (χ0) is 17.2. The molecule has 1 aliphatic carbocycles. The summed E-state index contributed by atoms with van der Waals surface area (Å²) < 4.78 is 5.32. The third kappa shape index (κ3) is 4.73. The van der Waals surface area contributed by atoms with E-state index in [1.165, 1.54) is 31.5 Å². The van der Waals surface area contributed by atoms with Crippen LogP contribution < -0.4 is 5.32 Å². The first-order valence-electron chi connectivity index (χ1n) is 9.12. The lowest BCUT2D eigenvalue weighted by molar-refractivity contribution is 0.0518. The number of rotatable bonds is 4. The van der Waals surface area contributed by atoms with Crippen molar-refractivity contribution in [3.63, 3.8) is 0 Å². The second-order valence-electron chi connectivity index (χ2n) is 8.42. The molecule has 1 heterocycles. The zero-order valence-corrected chi connectivity index (χ0v) is 15.1. The highest BCUT2D eigenvalue weighted by molar-refractivity contribution is 5.67. The standard InChI is InChI=1S/C20H30N2O2/c1-20(2,3)24-19(23)21-11-16-9-17-13-22(14-18(17)10-16)12-15-7-5-4-6-8-15/h4-8,16-18H,9-14H2,1-3H3,(H,21,23)/t16?,17-,18+. The largest absolute Gasteiger partial charge is 0.444 e. The Balaban J connectivity index is 1.40. The molecule has 4 heteroatoms. The van der Waals surface area contributed by atoms with Gasteiger partial charge < -0.3 is 10.1 Å². The van der Waals surface area contributed by atoms with Gasteiger partial charge in [-0.25, -0.2) is 4.79 Å². The minimum atomic E-state index is -0.422. The first-order valence-corrected chi connectivity index (χ1v) is 9.12. The smallest absolute Gasteiger partial charge is 0.407 e. The molecule has 0 bridgehead atoms. The Morgan fingerprint density at radius 3 is 2.38 bits per heavy atom. The minimum Gasteiger partial charge on any atom is -0.444 e. The Morgan fingerprint density at radius 1 is 1.17 bits per heavy atom. The summed E-state index contributed by atoms with van der Waals surface area (Å²) in [5.74, 6) is 2.18. The fourth-order valence-corrected chi connectivity index (χ4v) is 4.20. The van der Waals surface area contributed by atoms with Gasteiger partial charge in [-0.15, -0.1) is 0 Å². The van der Waals surface area contributed by atoms with Gasteiger partial charge in [-0.2, -0.15) is 0 Å². The number of benzene rings is 1. The van der Waals surface area contributed by atoms with Crippen LogP contribution in [0, 0.1) is 17.8 Å². The van der Waals surface area contributed by atoms with Crippen molar-refractivity contribution in [3.05, 3.63) is 35.9 Å². The molecular formula is C20H30N2O2. The van der Waals surface area contributed by atoms with Crippen molar-refractivity contribution >= 4 is 6.09 Å². The Labute approximate surface area is 145 Å². The number of likely N-dealkylation sites (tertiary alicyclic amines) is 1. The first kappa shape index (κ1) is 17.3. The van der Waals surface area contributed by atoms with Crippen molar-refractivity contribution in [1.29, 1.82) is 0 Å². The van der Waals surface area contributed by atoms with Gasteiger partial charge in [0.25, 0.3) is 0 Å². The SMILES string of the molecule is CC(C)(C)OC(=O)NCC1C[C@@H]2CN(Cc3ccccc3)C[C@@H]2C1. The van der Waals surface area contributed by atoms with E-state index in [9.17, 15) is 4.79 Å². The molecule has 1 aliphatic heterocycles. The maximum atomic E-state index is 11.8. The van der Waals surface area contributed by atoms with Crippen LogP contribution >= 0.6 is 0 Å². The first-order chi connectivity index (χ1) is 11.4. The number of amides is 1. The summed E-state index contributed by atoms with van der Waals surface area (Å²) in [6.07, 6.45) is 2.17. The maximum Gasteiger partial charge on any atom is 0.407 e. The lowest BCUT2D eigenvalue weighted by atomic mass is 10.0. The van der Waals surface area contributed by atoms with Crippen LogP contribution in [0.3, 0.4) is 0 Å². The van der Waals surface area contributed by atoms with Gasteiger partial charge in [0.2, 0.25) is 0 Å². The Bertz CT molecular complexity index is 539. The molecule has 0 radical (unpaired) electrons. The van der Waals surface area contributed by atoms with E-state index in [4.69, 9.17) is 4.74 Å². The topological polar surface area (TPSA) is 41.6 Å². The molecule has 2 aliphatic rings. The lowest BCUT2D eigenvalue weighted by Crippen LogP contribution is -2.35. The van der Waals surface area contributed by atoms with Crippen LogP contribution in [0.2, 0.25) is 0 Å². The van der Waals surface area contributed by atoms with Crippen molar-refractivity contribution in [1.82, 2.24) is 10.2 Å². The average Bonchev–Trinajstić information content (AvgIpc) is 3.02. The van der Waals surface area contributed by atoms with Gasteiger partial charge in [0.1, 0.15) is 5.60 Å². The fraction of sp³-hybridized carbons (Fsp3) is 0.650. The molecule has 1 saturated heterocycles. The highest BCUT2D eigenvalue weighted by Crippen LogP contribution is 2.41. The third-order valence-electron chi connectivity index (χ3n) is 5.11. The van der Waals surface area contributed by atoms with E-state index in [2.05, 4.69) is 40.5 Å². The molecule has 1 amide bonds. The number of fused-ring (bicyclic) bond motifs is 1. The van der Waals surface area contributed by atoms with Crippen LogP contribution in [0.5, 0.6) is 0 Å². The van der Waals surface area contributed by atoms with Crippen molar-refractivity contribution in [2.75, 3.05) is 19.6 Å². The Kier molecular flexibility index (Phi) is 5.14. The maximum absolute atomic E-state index is 11.8. The average molecular weight is 330 g/mol. The molecule has 0 spiro atoms. The van der Waals surface area contributed by atoms with E-state index in [0.29, 0.717) is 5.92 Å². The molecule has 2 fully saturated rings. The van der Waals surface area contributed by atoms with E-state index in [0.717, 1.165) is 24.9 Å². The number of nitrogens with zero attached hydrogens (tertiary/aromatic N) is 1. The fourth-order valence-electron chi connectivity index (χ4n) is 4.20. The van der Waals surface area contributed by atoms with Crippen LogP contribution in [-0.4, -0.2) is 36.2 Å². The number of hydrogen-bond donors (Lipinski definition) is 1. The molecule has 132 valence electrons. The van der Waals surface area contributed by atoms with E-state index in [1.54, 1.807) is 0 Å².